The number of hydrogen-bond acceptors (Lipinski definition) is 1. The Balaban J connectivity index is 2.55. The van der Waals surface area contributed by atoms with E-state index in [0.29, 0.717) is 12.8 Å². The molecule has 1 nitrogen and oxygen atoms in total. The van der Waals surface area contributed by atoms with Gasteiger partial charge < -0.3 is 0 Å². The minimum atomic E-state index is -0.139. The lowest BCUT2D eigenvalue weighted by atomic mass is 10.1. The maximum atomic E-state index is 11.6. The van der Waals surface area contributed by atoms with Crippen molar-refractivity contribution in [1.29, 1.82) is 0 Å². The summed E-state index contributed by atoms with van der Waals surface area (Å²) in [6.45, 7) is 3.58. The van der Waals surface area contributed by atoms with E-state index in [2.05, 4.69) is 6.58 Å². The average Bonchev–Trinajstić information content (AvgIpc) is 2.19. The van der Waals surface area contributed by atoms with E-state index in [0.717, 1.165) is 5.56 Å². The van der Waals surface area contributed by atoms with E-state index >= 15 is 0 Å². The maximum absolute atomic E-state index is 11.6. The number of benzene rings is 1. The molecule has 0 aliphatic carbocycles. The summed E-state index contributed by atoms with van der Waals surface area (Å²) >= 11 is 5.93. The third-order valence-electron chi connectivity index (χ3n) is 1.93. The van der Waals surface area contributed by atoms with Gasteiger partial charge in [-0.25, -0.2) is 0 Å². The molecule has 0 saturated carbocycles. The second-order valence-electron chi connectivity index (χ2n) is 3.11. The normalized spacial score (nSPS) is 12.1. The Morgan fingerprint density at radius 2 is 2.07 bits per heavy atom. The molecule has 0 amide bonds. The summed E-state index contributed by atoms with van der Waals surface area (Å²) in [6, 6.07) is 9.20. The third-order valence-corrected chi connectivity index (χ3v) is 2.26. The molecule has 0 spiro atoms. The van der Waals surface area contributed by atoms with Crippen molar-refractivity contribution in [2.45, 2.75) is 18.2 Å². The number of allylic oxidation sites excluding steroid dienone is 1. The van der Waals surface area contributed by atoms with E-state index in [1.165, 1.54) is 0 Å². The van der Waals surface area contributed by atoms with Gasteiger partial charge in [-0.15, -0.1) is 18.2 Å². The fourth-order valence-electron chi connectivity index (χ4n) is 1.21. The summed E-state index contributed by atoms with van der Waals surface area (Å²) in [4.78, 5) is 11.6. The quantitative estimate of drug-likeness (QED) is 0.412. The summed E-state index contributed by atoms with van der Waals surface area (Å²) in [5.41, 5.74) is 0.724. The molecule has 1 aromatic carbocycles. The van der Waals surface area contributed by atoms with Gasteiger partial charge in [0.25, 0.3) is 0 Å². The predicted octanol–water partition coefficient (Wildman–Crippen LogP) is 3.44. The van der Waals surface area contributed by atoms with Crippen molar-refractivity contribution in [2.75, 3.05) is 0 Å². The van der Waals surface area contributed by atoms with Crippen LogP contribution in [0.1, 0.15) is 23.2 Å². The summed E-state index contributed by atoms with van der Waals surface area (Å²) in [6.07, 6.45) is 2.77. The van der Waals surface area contributed by atoms with Crippen LogP contribution in [0.5, 0.6) is 0 Å². The molecule has 0 bridgehead atoms. The van der Waals surface area contributed by atoms with Crippen molar-refractivity contribution < 1.29 is 4.79 Å². The Kier molecular flexibility index (Phi) is 4.41. The van der Waals surface area contributed by atoms with E-state index in [-0.39, 0.29) is 11.2 Å². The molecule has 2 heteroatoms. The van der Waals surface area contributed by atoms with Crippen LogP contribution < -0.4 is 0 Å². The highest BCUT2D eigenvalue weighted by Crippen LogP contribution is 2.12. The van der Waals surface area contributed by atoms with Crippen molar-refractivity contribution in [3.05, 3.63) is 48.6 Å². The molecule has 0 aromatic heterocycles. The SMILES string of the molecule is C=CCC(Cl)CC(=O)c1ccccc1. The van der Waals surface area contributed by atoms with Crippen LogP contribution in [0.15, 0.2) is 43.0 Å². The number of carbonyl (C=O) groups excluding carboxylic acids is 1. The van der Waals surface area contributed by atoms with Gasteiger partial charge in [-0.05, 0) is 6.42 Å². The Morgan fingerprint density at radius 1 is 1.43 bits per heavy atom. The van der Waals surface area contributed by atoms with Crippen LogP contribution in [-0.4, -0.2) is 11.2 Å². The van der Waals surface area contributed by atoms with E-state index < -0.39 is 0 Å². The van der Waals surface area contributed by atoms with Crippen LogP contribution in [0, 0.1) is 0 Å². The highest BCUT2D eigenvalue weighted by atomic mass is 35.5. The van der Waals surface area contributed by atoms with Crippen molar-refractivity contribution in [2.24, 2.45) is 0 Å². The molecular weight excluding hydrogens is 196 g/mol. The first kappa shape index (κ1) is 11.0. The number of rotatable bonds is 5. The van der Waals surface area contributed by atoms with Gasteiger partial charge in [0.2, 0.25) is 0 Å². The standard InChI is InChI=1S/C12H13ClO/c1-2-6-11(13)9-12(14)10-7-4-3-5-8-10/h2-5,7-8,11H,1,6,9H2. The zero-order valence-corrected chi connectivity index (χ0v) is 8.70. The number of halogens is 1. The maximum Gasteiger partial charge on any atom is 0.164 e. The predicted molar refractivity (Wildman–Crippen MR) is 59.8 cm³/mol. The minimum absolute atomic E-state index is 0.0902. The molecule has 74 valence electrons. The highest BCUT2D eigenvalue weighted by Gasteiger charge is 2.10. The molecule has 0 heterocycles. The first-order valence-electron chi connectivity index (χ1n) is 4.57. The monoisotopic (exact) mass is 208 g/mol. The van der Waals surface area contributed by atoms with Gasteiger partial charge in [-0.2, -0.15) is 0 Å². The topological polar surface area (TPSA) is 17.1 Å². The molecule has 1 unspecified atom stereocenters. The summed E-state index contributed by atoms with van der Waals surface area (Å²) in [5.74, 6) is 0.0902. The molecule has 0 saturated heterocycles. The zero-order chi connectivity index (χ0) is 10.4. The Hall–Kier alpha value is -1.08. The Bertz CT molecular complexity index is 305. The second kappa shape index (κ2) is 5.61. The number of hydrogen-bond donors (Lipinski definition) is 0. The smallest absolute Gasteiger partial charge is 0.164 e. The van der Waals surface area contributed by atoms with Crippen LogP contribution in [-0.2, 0) is 0 Å². The van der Waals surface area contributed by atoms with E-state index in [9.17, 15) is 4.79 Å². The zero-order valence-electron chi connectivity index (χ0n) is 7.95. The van der Waals surface area contributed by atoms with Crippen LogP contribution >= 0.6 is 11.6 Å². The van der Waals surface area contributed by atoms with Gasteiger partial charge >= 0.3 is 0 Å². The molecule has 0 aliphatic rings. The largest absolute Gasteiger partial charge is 0.294 e. The number of alkyl halides is 1. The lowest BCUT2D eigenvalue weighted by molar-refractivity contribution is 0.0982. The molecule has 0 N–H and O–H groups in total. The molecule has 1 rings (SSSR count). The second-order valence-corrected chi connectivity index (χ2v) is 3.73. The minimum Gasteiger partial charge on any atom is -0.294 e. The van der Waals surface area contributed by atoms with Gasteiger partial charge in [0.15, 0.2) is 5.78 Å². The number of carbonyl (C=O) groups is 1. The van der Waals surface area contributed by atoms with Crippen molar-refractivity contribution in [3.8, 4) is 0 Å². The van der Waals surface area contributed by atoms with Crippen molar-refractivity contribution in [3.63, 3.8) is 0 Å². The molecule has 1 atom stereocenters. The fourth-order valence-corrected chi connectivity index (χ4v) is 1.47. The van der Waals surface area contributed by atoms with Crippen molar-refractivity contribution >= 4 is 17.4 Å². The summed E-state index contributed by atoms with van der Waals surface area (Å²) < 4.78 is 0. The Labute approximate surface area is 89.4 Å². The van der Waals surface area contributed by atoms with E-state index in [4.69, 9.17) is 11.6 Å². The van der Waals surface area contributed by atoms with Gasteiger partial charge in [0.1, 0.15) is 0 Å². The van der Waals surface area contributed by atoms with E-state index in [1.807, 2.05) is 18.2 Å². The average molecular weight is 209 g/mol. The van der Waals surface area contributed by atoms with Crippen LogP contribution in [0.4, 0.5) is 0 Å². The van der Waals surface area contributed by atoms with Crippen molar-refractivity contribution in [1.82, 2.24) is 0 Å². The van der Waals surface area contributed by atoms with Gasteiger partial charge in [-0.3, -0.25) is 4.79 Å². The molecule has 0 radical (unpaired) electrons. The molecular formula is C12H13ClO. The molecule has 0 aliphatic heterocycles. The summed E-state index contributed by atoms with van der Waals surface area (Å²) in [5, 5.41) is -0.139. The Morgan fingerprint density at radius 3 is 2.64 bits per heavy atom. The lowest BCUT2D eigenvalue weighted by Crippen LogP contribution is -2.07. The third kappa shape index (κ3) is 3.35. The van der Waals surface area contributed by atoms with Gasteiger partial charge in [0, 0.05) is 17.4 Å². The molecule has 1 aromatic rings. The molecule has 0 fully saturated rings. The van der Waals surface area contributed by atoms with Crippen LogP contribution in [0.2, 0.25) is 0 Å². The first-order valence-corrected chi connectivity index (χ1v) is 5.01. The fraction of sp³-hybridized carbons (Fsp3) is 0.250. The van der Waals surface area contributed by atoms with Crippen LogP contribution in [0.3, 0.4) is 0 Å². The van der Waals surface area contributed by atoms with Gasteiger partial charge in [-0.1, -0.05) is 36.4 Å². The highest BCUT2D eigenvalue weighted by molar-refractivity contribution is 6.22. The number of Topliss-reactive ketones (excluding diaryl/α,β-unsaturated/α-hetero) is 1. The lowest BCUT2D eigenvalue weighted by Gasteiger charge is -2.05. The van der Waals surface area contributed by atoms with Gasteiger partial charge in [0.05, 0.1) is 0 Å². The number of ketones is 1. The first-order chi connectivity index (χ1) is 6.74. The van der Waals surface area contributed by atoms with Crippen LogP contribution in [0.25, 0.3) is 0 Å². The summed E-state index contributed by atoms with van der Waals surface area (Å²) in [7, 11) is 0. The molecule has 14 heavy (non-hydrogen) atoms. The van der Waals surface area contributed by atoms with E-state index in [1.54, 1.807) is 18.2 Å².